The third-order valence-corrected chi connectivity index (χ3v) is 4.33. The number of hydrogen-bond acceptors (Lipinski definition) is 2. The summed E-state index contributed by atoms with van der Waals surface area (Å²) in [6, 6.07) is 12.5. The van der Waals surface area contributed by atoms with Crippen molar-refractivity contribution in [1.29, 1.82) is 0 Å². The Labute approximate surface area is 146 Å². The molecule has 1 atom stereocenters. The van der Waals surface area contributed by atoms with E-state index in [1.807, 2.05) is 32.0 Å². The Hall–Kier alpha value is -2.69. The molecule has 4 nitrogen and oxygen atoms in total. The molecule has 1 N–H and O–H groups in total. The Morgan fingerprint density at radius 1 is 1.16 bits per heavy atom. The van der Waals surface area contributed by atoms with Gasteiger partial charge in [-0.2, -0.15) is 0 Å². The molecule has 25 heavy (non-hydrogen) atoms. The van der Waals surface area contributed by atoms with Gasteiger partial charge in [0.2, 0.25) is 5.91 Å². The fourth-order valence-corrected chi connectivity index (χ4v) is 3.11. The van der Waals surface area contributed by atoms with E-state index < -0.39 is 6.04 Å². The zero-order valence-corrected chi connectivity index (χ0v) is 14.3. The molecule has 0 aromatic heterocycles. The molecule has 1 aliphatic rings. The van der Waals surface area contributed by atoms with Gasteiger partial charge in [0.05, 0.1) is 0 Å². The highest BCUT2D eigenvalue weighted by Crippen LogP contribution is 2.27. The predicted octanol–water partition coefficient (Wildman–Crippen LogP) is 3.83. The summed E-state index contributed by atoms with van der Waals surface area (Å²) in [5.74, 6) is -0.473. The lowest BCUT2D eigenvalue weighted by Gasteiger charge is -2.28. The zero-order chi connectivity index (χ0) is 18.0. The number of halogens is 1. The molecule has 0 unspecified atom stereocenters. The summed E-state index contributed by atoms with van der Waals surface area (Å²) in [5, 5.41) is 2.80. The van der Waals surface area contributed by atoms with E-state index in [4.69, 9.17) is 0 Å². The third kappa shape index (κ3) is 3.71. The molecular formula is C20H21FN2O2. The second kappa shape index (κ2) is 7.05. The largest absolute Gasteiger partial charge is 0.324 e. The number of carbonyl (C=O) groups is 2. The highest BCUT2D eigenvalue weighted by Gasteiger charge is 2.36. The zero-order valence-electron chi connectivity index (χ0n) is 14.3. The molecule has 0 radical (unpaired) electrons. The van der Waals surface area contributed by atoms with Crippen molar-refractivity contribution in [1.82, 2.24) is 4.90 Å². The Bertz CT molecular complexity index is 787. The third-order valence-electron chi connectivity index (χ3n) is 4.33. The SMILES string of the molecule is CC(C)C[C@H](C(=O)Nc1ccc(F)cc1)N1Cc2ccccc2C1=O. The normalized spacial score (nSPS) is 14.6. The molecule has 0 fully saturated rings. The predicted molar refractivity (Wildman–Crippen MR) is 94.6 cm³/mol. The minimum atomic E-state index is -0.565. The lowest BCUT2D eigenvalue weighted by molar-refractivity contribution is -0.121. The number of anilines is 1. The lowest BCUT2D eigenvalue weighted by atomic mass is 10.0. The van der Waals surface area contributed by atoms with Crippen LogP contribution in [-0.4, -0.2) is 22.8 Å². The summed E-state index contributed by atoms with van der Waals surface area (Å²) >= 11 is 0. The first-order valence-electron chi connectivity index (χ1n) is 8.41. The first-order valence-corrected chi connectivity index (χ1v) is 8.41. The van der Waals surface area contributed by atoms with Crippen molar-refractivity contribution in [2.24, 2.45) is 5.92 Å². The Morgan fingerprint density at radius 2 is 1.84 bits per heavy atom. The molecule has 0 aliphatic carbocycles. The Balaban J connectivity index is 1.81. The van der Waals surface area contributed by atoms with Gasteiger partial charge in [-0.1, -0.05) is 32.0 Å². The molecule has 0 saturated carbocycles. The van der Waals surface area contributed by atoms with Crippen LogP contribution in [0.25, 0.3) is 0 Å². The summed E-state index contributed by atoms with van der Waals surface area (Å²) < 4.78 is 13.0. The van der Waals surface area contributed by atoms with Crippen molar-refractivity contribution >= 4 is 17.5 Å². The van der Waals surface area contributed by atoms with Gasteiger partial charge in [-0.25, -0.2) is 4.39 Å². The molecular weight excluding hydrogens is 319 g/mol. The number of fused-ring (bicyclic) bond motifs is 1. The first kappa shape index (κ1) is 17.1. The van der Waals surface area contributed by atoms with Crippen LogP contribution in [0, 0.1) is 11.7 Å². The van der Waals surface area contributed by atoms with Crippen LogP contribution in [0.3, 0.4) is 0 Å². The van der Waals surface area contributed by atoms with E-state index >= 15 is 0 Å². The Morgan fingerprint density at radius 3 is 2.48 bits per heavy atom. The van der Waals surface area contributed by atoms with E-state index in [9.17, 15) is 14.0 Å². The standard InChI is InChI=1S/C20H21FN2O2/c1-13(2)11-18(19(24)22-16-9-7-15(21)8-10-16)23-12-14-5-3-4-6-17(14)20(23)25/h3-10,13,18H,11-12H2,1-2H3,(H,22,24)/t18-/m1/s1. The molecule has 5 heteroatoms. The maximum atomic E-state index is 13.0. The molecule has 0 spiro atoms. The maximum absolute atomic E-state index is 13.0. The average Bonchev–Trinajstić information content (AvgIpc) is 2.91. The van der Waals surface area contributed by atoms with Gasteiger partial charge in [0.15, 0.2) is 0 Å². The topological polar surface area (TPSA) is 49.4 Å². The van der Waals surface area contributed by atoms with Crippen LogP contribution >= 0.6 is 0 Å². The van der Waals surface area contributed by atoms with Gasteiger partial charge in [0.1, 0.15) is 11.9 Å². The van der Waals surface area contributed by atoms with Gasteiger partial charge in [-0.3, -0.25) is 9.59 Å². The molecule has 1 aliphatic heterocycles. The number of hydrogen-bond donors (Lipinski definition) is 1. The molecule has 3 rings (SSSR count). The van der Waals surface area contributed by atoms with E-state index in [-0.39, 0.29) is 23.5 Å². The molecule has 0 bridgehead atoms. The minimum absolute atomic E-state index is 0.115. The van der Waals surface area contributed by atoms with Crippen molar-refractivity contribution in [2.45, 2.75) is 32.9 Å². The van der Waals surface area contributed by atoms with Crippen LogP contribution in [0.4, 0.5) is 10.1 Å². The van der Waals surface area contributed by atoms with Crippen LogP contribution in [0.15, 0.2) is 48.5 Å². The number of rotatable bonds is 5. The summed E-state index contributed by atoms with van der Waals surface area (Å²) in [7, 11) is 0. The highest BCUT2D eigenvalue weighted by molar-refractivity contribution is 6.03. The number of carbonyl (C=O) groups excluding carboxylic acids is 2. The molecule has 1 heterocycles. The summed E-state index contributed by atoms with van der Waals surface area (Å²) in [6.07, 6.45) is 0.562. The van der Waals surface area contributed by atoms with Crippen molar-refractivity contribution in [3.63, 3.8) is 0 Å². The van der Waals surface area contributed by atoms with Crippen molar-refractivity contribution in [2.75, 3.05) is 5.32 Å². The highest BCUT2D eigenvalue weighted by atomic mass is 19.1. The number of nitrogens with one attached hydrogen (secondary N) is 1. The summed E-state index contributed by atoms with van der Waals surface area (Å²) in [4.78, 5) is 27.2. The van der Waals surface area contributed by atoms with Crippen LogP contribution in [0.1, 0.15) is 36.2 Å². The van der Waals surface area contributed by atoms with Crippen LogP contribution < -0.4 is 5.32 Å². The van der Waals surface area contributed by atoms with E-state index in [0.29, 0.717) is 24.2 Å². The number of amides is 2. The lowest BCUT2D eigenvalue weighted by Crippen LogP contribution is -2.45. The van der Waals surface area contributed by atoms with Crippen molar-refractivity contribution < 1.29 is 14.0 Å². The first-order chi connectivity index (χ1) is 12.0. The molecule has 2 aromatic rings. The van der Waals surface area contributed by atoms with Gasteiger partial charge in [0, 0.05) is 17.8 Å². The van der Waals surface area contributed by atoms with E-state index in [0.717, 1.165) is 5.56 Å². The Kier molecular flexibility index (Phi) is 4.83. The van der Waals surface area contributed by atoms with E-state index in [1.54, 1.807) is 11.0 Å². The monoisotopic (exact) mass is 340 g/mol. The summed E-state index contributed by atoms with van der Waals surface area (Å²) in [6.45, 7) is 4.47. The fourth-order valence-electron chi connectivity index (χ4n) is 3.11. The fraction of sp³-hybridized carbons (Fsp3) is 0.300. The number of benzene rings is 2. The van der Waals surface area contributed by atoms with Crippen LogP contribution in [0.2, 0.25) is 0 Å². The molecule has 130 valence electrons. The smallest absolute Gasteiger partial charge is 0.255 e. The molecule has 0 saturated heterocycles. The molecule has 2 aromatic carbocycles. The molecule has 2 amide bonds. The van der Waals surface area contributed by atoms with Crippen molar-refractivity contribution in [3.05, 3.63) is 65.5 Å². The van der Waals surface area contributed by atoms with Crippen LogP contribution in [0.5, 0.6) is 0 Å². The van der Waals surface area contributed by atoms with Gasteiger partial charge in [-0.05, 0) is 48.2 Å². The minimum Gasteiger partial charge on any atom is -0.324 e. The number of nitrogens with zero attached hydrogens (tertiary/aromatic N) is 1. The second-order valence-electron chi connectivity index (χ2n) is 6.73. The maximum Gasteiger partial charge on any atom is 0.255 e. The average molecular weight is 340 g/mol. The van der Waals surface area contributed by atoms with Gasteiger partial charge < -0.3 is 10.2 Å². The second-order valence-corrected chi connectivity index (χ2v) is 6.73. The van der Waals surface area contributed by atoms with Gasteiger partial charge >= 0.3 is 0 Å². The van der Waals surface area contributed by atoms with Gasteiger partial charge in [0.25, 0.3) is 5.91 Å². The quantitative estimate of drug-likeness (QED) is 0.899. The van der Waals surface area contributed by atoms with Gasteiger partial charge in [-0.15, -0.1) is 0 Å². The van der Waals surface area contributed by atoms with Crippen LogP contribution in [-0.2, 0) is 11.3 Å². The summed E-state index contributed by atoms with van der Waals surface area (Å²) in [5.41, 5.74) is 2.12. The van der Waals surface area contributed by atoms with Crippen molar-refractivity contribution in [3.8, 4) is 0 Å². The van der Waals surface area contributed by atoms with E-state index in [2.05, 4.69) is 5.32 Å². The van der Waals surface area contributed by atoms with E-state index in [1.165, 1.54) is 24.3 Å².